The van der Waals surface area contributed by atoms with Gasteiger partial charge in [-0.25, -0.2) is 0 Å². The van der Waals surface area contributed by atoms with Gasteiger partial charge in [0, 0.05) is 19.6 Å². The Morgan fingerprint density at radius 3 is 2.52 bits per heavy atom. The van der Waals surface area contributed by atoms with E-state index in [1.165, 1.54) is 5.56 Å². The third kappa shape index (κ3) is 4.21. The fourth-order valence-corrected chi connectivity index (χ4v) is 3.53. The number of piperidine rings is 1. The second-order valence-electron chi connectivity index (χ2n) is 6.99. The molecule has 1 aliphatic rings. The third-order valence-electron chi connectivity index (χ3n) is 5.15. The molecule has 1 fully saturated rings. The predicted molar refractivity (Wildman–Crippen MR) is 98.7 cm³/mol. The highest BCUT2D eigenvalue weighted by atomic mass is 16.5. The van der Waals surface area contributed by atoms with Gasteiger partial charge in [-0.05, 0) is 43.0 Å². The summed E-state index contributed by atoms with van der Waals surface area (Å²) in [5.74, 6) is 0.754. The number of hydrogen-bond acceptors (Lipinski definition) is 4. The van der Waals surface area contributed by atoms with Gasteiger partial charge in [-0.15, -0.1) is 0 Å². The largest absolute Gasteiger partial charge is 0.497 e. The molecule has 0 amide bonds. The van der Waals surface area contributed by atoms with Gasteiger partial charge >= 0.3 is 0 Å². The zero-order valence-electron chi connectivity index (χ0n) is 15.0. The molecule has 1 saturated heterocycles. The van der Waals surface area contributed by atoms with Crippen molar-refractivity contribution in [3.05, 3.63) is 65.2 Å². The van der Waals surface area contributed by atoms with E-state index in [0.717, 1.165) is 30.0 Å². The molecule has 1 aliphatic heterocycles. The van der Waals surface area contributed by atoms with Crippen LogP contribution in [0.5, 0.6) is 5.75 Å². The van der Waals surface area contributed by atoms with E-state index in [2.05, 4.69) is 11.0 Å². The molecule has 0 radical (unpaired) electrons. The lowest BCUT2D eigenvalue weighted by Crippen LogP contribution is -2.44. The van der Waals surface area contributed by atoms with E-state index in [-0.39, 0.29) is 0 Å². The zero-order valence-corrected chi connectivity index (χ0v) is 15.0. The van der Waals surface area contributed by atoms with Crippen LogP contribution in [-0.4, -0.2) is 41.9 Å². The van der Waals surface area contributed by atoms with E-state index in [1.54, 1.807) is 7.11 Å². The number of aliphatic hydroxyl groups is 2. The van der Waals surface area contributed by atoms with Crippen molar-refractivity contribution in [2.45, 2.75) is 31.5 Å². The molecular weight excluding hydrogens is 314 g/mol. The second kappa shape index (κ2) is 7.56. The third-order valence-corrected chi connectivity index (χ3v) is 5.15. The lowest BCUT2D eigenvalue weighted by Gasteiger charge is -2.39. The summed E-state index contributed by atoms with van der Waals surface area (Å²) < 4.78 is 5.22. The maximum Gasteiger partial charge on any atom is 0.119 e. The molecule has 2 aromatic carbocycles. The second-order valence-corrected chi connectivity index (χ2v) is 6.99. The van der Waals surface area contributed by atoms with Gasteiger partial charge in [0.25, 0.3) is 0 Å². The summed E-state index contributed by atoms with van der Waals surface area (Å²) in [7, 11) is 1.63. The Balaban J connectivity index is 1.60. The number of rotatable bonds is 5. The number of nitrogens with zero attached hydrogens (tertiary/aromatic N) is 1. The topological polar surface area (TPSA) is 52.9 Å². The monoisotopic (exact) mass is 341 g/mol. The first-order chi connectivity index (χ1) is 12.0. The fourth-order valence-electron chi connectivity index (χ4n) is 3.53. The van der Waals surface area contributed by atoms with E-state index in [9.17, 15) is 10.2 Å². The van der Waals surface area contributed by atoms with Crippen molar-refractivity contribution >= 4 is 0 Å². The van der Waals surface area contributed by atoms with Gasteiger partial charge in [-0.1, -0.05) is 42.0 Å². The molecule has 4 heteroatoms. The molecule has 0 spiro atoms. The predicted octanol–water partition coefficient (Wildman–Crippen LogP) is 3.02. The quantitative estimate of drug-likeness (QED) is 0.878. The van der Waals surface area contributed by atoms with Gasteiger partial charge in [-0.3, -0.25) is 0 Å². The Morgan fingerprint density at radius 2 is 1.84 bits per heavy atom. The number of likely N-dealkylation sites (tertiary alicyclic amines) is 1. The van der Waals surface area contributed by atoms with E-state index in [0.29, 0.717) is 19.4 Å². The number of β-amino-alcohol motifs (C(OH)–C–C–N with tert-alkyl or cyclic N) is 1. The Labute approximate surface area is 149 Å². The zero-order chi connectivity index (χ0) is 17.9. The van der Waals surface area contributed by atoms with Gasteiger partial charge in [-0.2, -0.15) is 0 Å². The summed E-state index contributed by atoms with van der Waals surface area (Å²) >= 11 is 0. The van der Waals surface area contributed by atoms with Crippen LogP contribution >= 0.6 is 0 Å². The first kappa shape index (κ1) is 17.9. The smallest absolute Gasteiger partial charge is 0.119 e. The Morgan fingerprint density at radius 1 is 1.12 bits per heavy atom. The number of benzene rings is 2. The van der Waals surface area contributed by atoms with Crippen molar-refractivity contribution < 1.29 is 14.9 Å². The van der Waals surface area contributed by atoms with Crippen molar-refractivity contribution in [1.82, 2.24) is 4.90 Å². The van der Waals surface area contributed by atoms with Crippen LogP contribution in [-0.2, 0) is 5.60 Å². The molecule has 134 valence electrons. The molecule has 2 N–H and O–H groups in total. The van der Waals surface area contributed by atoms with Crippen LogP contribution in [0.15, 0.2) is 48.5 Å². The summed E-state index contributed by atoms with van der Waals surface area (Å²) in [5, 5.41) is 21.5. The molecule has 1 atom stereocenters. The lowest BCUT2D eigenvalue weighted by molar-refractivity contribution is -0.0345. The Hall–Kier alpha value is -1.88. The molecule has 1 heterocycles. The van der Waals surface area contributed by atoms with Crippen LogP contribution in [0.1, 0.15) is 35.6 Å². The molecule has 25 heavy (non-hydrogen) atoms. The minimum Gasteiger partial charge on any atom is -0.497 e. The van der Waals surface area contributed by atoms with Gasteiger partial charge in [0.05, 0.1) is 18.8 Å². The van der Waals surface area contributed by atoms with Crippen LogP contribution in [0.25, 0.3) is 0 Å². The van der Waals surface area contributed by atoms with Crippen molar-refractivity contribution in [3.63, 3.8) is 0 Å². The van der Waals surface area contributed by atoms with Crippen LogP contribution in [0.3, 0.4) is 0 Å². The average Bonchev–Trinajstić information content (AvgIpc) is 2.64. The maximum atomic E-state index is 11.0. The molecule has 0 aromatic heterocycles. The minimum absolute atomic E-state index is 0.555. The summed E-state index contributed by atoms with van der Waals surface area (Å²) in [4.78, 5) is 2.22. The standard InChI is InChI=1S/C21H27NO3/c1-16-5-3-7-18(13-16)21(24)9-11-22(12-10-21)15-20(23)17-6-4-8-19(14-17)25-2/h3-8,13-14,20,23-24H,9-12,15H2,1-2H3/t20-/m1/s1. The molecule has 0 bridgehead atoms. The van der Waals surface area contributed by atoms with E-state index in [4.69, 9.17) is 4.74 Å². The number of hydrogen-bond donors (Lipinski definition) is 2. The van der Waals surface area contributed by atoms with E-state index in [1.807, 2.05) is 49.4 Å². The summed E-state index contributed by atoms with van der Waals surface area (Å²) in [5.41, 5.74) is 2.27. The Kier molecular flexibility index (Phi) is 5.42. The fraction of sp³-hybridized carbons (Fsp3) is 0.429. The Bertz CT molecular complexity index is 708. The number of aryl methyl sites for hydroxylation is 1. The number of methoxy groups -OCH3 is 1. The highest BCUT2D eigenvalue weighted by Gasteiger charge is 2.34. The number of aliphatic hydroxyl groups excluding tert-OH is 1. The summed E-state index contributed by atoms with van der Waals surface area (Å²) in [6.45, 7) is 4.15. The SMILES string of the molecule is COc1cccc([C@H](O)CN2CCC(O)(c3cccc(C)c3)CC2)c1. The lowest BCUT2D eigenvalue weighted by atomic mass is 9.84. The van der Waals surface area contributed by atoms with Crippen LogP contribution in [0.2, 0.25) is 0 Å². The van der Waals surface area contributed by atoms with Crippen LogP contribution < -0.4 is 4.74 Å². The highest BCUT2D eigenvalue weighted by molar-refractivity contribution is 5.30. The van der Waals surface area contributed by atoms with Crippen molar-refractivity contribution in [2.75, 3.05) is 26.7 Å². The van der Waals surface area contributed by atoms with Crippen molar-refractivity contribution in [3.8, 4) is 5.75 Å². The van der Waals surface area contributed by atoms with Crippen molar-refractivity contribution in [1.29, 1.82) is 0 Å². The number of ether oxygens (including phenoxy) is 1. The summed E-state index contributed by atoms with van der Waals surface area (Å²) in [6.07, 6.45) is 0.808. The molecule has 0 saturated carbocycles. The highest BCUT2D eigenvalue weighted by Crippen LogP contribution is 2.33. The molecule has 2 aromatic rings. The molecule has 0 aliphatic carbocycles. The van der Waals surface area contributed by atoms with Gasteiger partial charge in [0.1, 0.15) is 5.75 Å². The van der Waals surface area contributed by atoms with Gasteiger partial charge in [0.15, 0.2) is 0 Å². The van der Waals surface area contributed by atoms with Crippen molar-refractivity contribution in [2.24, 2.45) is 0 Å². The first-order valence-electron chi connectivity index (χ1n) is 8.84. The normalized spacial score (nSPS) is 18.7. The maximum absolute atomic E-state index is 11.0. The van der Waals surface area contributed by atoms with Gasteiger partial charge in [0.2, 0.25) is 0 Å². The molecular formula is C21H27NO3. The molecule has 0 unspecified atom stereocenters. The minimum atomic E-state index is -0.760. The molecule has 3 rings (SSSR count). The van der Waals surface area contributed by atoms with Crippen LogP contribution in [0.4, 0.5) is 0 Å². The van der Waals surface area contributed by atoms with E-state index >= 15 is 0 Å². The first-order valence-corrected chi connectivity index (χ1v) is 8.84. The van der Waals surface area contributed by atoms with E-state index < -0.39 is 11.7 Å². The average molecular weight is 341 g/mol. The summed E-state index contributed by atoms with van der Waals surface area (Å²) in [6, 6.07) is 15.7. The van der Waals surface area contributed by atoms with Gasteiger partial charge < -0.3 is 19.8 Å². The van der Waals surface area contributed by atoms with Crippen LogP contribution in [0, 0.1) is 6.92 Å². The molecule has 4 nitrogen and oxygen atoms in total.